The molecule has 0 aromatic heterocycles. The standard InChI is InChI=1S/C62H92O6/c1-4-7-10-13-16-19-22-25-28-30-32-34-37-40-43-46-49-52-55-61(64)67-58-59(57-66-60(63)54-51-48-45-42-39-36-33-27-24-21-18-15-12-9-6-3)68-62(65)56-53-50-47-44-41-38-35-31-29-26-23-20-17-14-11-8-5-2/h8-9,11-12,14-15,17-18,20-36,38-39,41,59H,4-7,10,13,16,19,37,40,42-58H2,1-3H3/b11-8-,12-9-,17-14-,18-15-,23-20-,24-21-,25-22-,29-26-,30-28-,33-27-,34-32-,35-31+,39-36-,41-38-. The zero-order valence-electron chi connectivity index (χ0n) is 42.8. The second kappa shape index (κ2) is 54.4. The van der Waals surface area contributed by atoms with Crippen LogP contribution in [0.15, 0.2) is 170 Å². The minimum atomic E-state index is -0.838. The van der Waals surface area contributed by atoms with Gasteiger partial charge < -0.3 is 14.2 Å². The van der Waals surface area contributed by atoms with E-state index in [1.165, 1.54) is 32.1 Å². The van der Waals surface area contributed by atoms with Crippen LogP contribution >= 0.6 is 0 Å². The Hall–Kier alpha value is -5.23. The van der Waals surface area contributed by atoms with Crippen molar-refractivity contribution < 1.29 is 28.6 Å². The molecule has 0 rings (SSSR count). The van der Waals surface area contributed by atoms with Gasteiger partial charge in [0.05, 0.1) is 0 Å². The third-order valence-corrected chi connectivity index (χ3v) is 10.3. The Morgan fingerprint density at radius 3 is 0.912 bits per heavy atom. The maximum Gasteiger partial charge on any atom is 0.306 e. The lowest BCUT2D eigenvalue weighted by Crippen LogP contribution is -2.30. The largest absolute Gasteiger partial charge is 0.462 e. The molecular weight excluding hydrogens is 841 g/mol. The normalized spacial score (nSPS) is 13.5. The summed E-state index contributed by atoms with van der Waals surface area (Å²) in [7, 11) is 0. The third-order valence-electron chi connectivity index (χ3n) is 10.3. The Bertz CT molecular complexity index is 1640. The van der Waals surface area contributed by atoms with Gasteiger partial charge in [0.1, 0.15) is 13.2 Å². The number of hydrogen-bond donors (Lipinski definition) is 0. The highest BCUT2D eigenvalue weighted by Gasteiger charge is 2.19. The number of esters is 3. The highest BCUT2D eigenvalue weighted by Crippen LogP contribution is 2.12. The van der Waals surface area contributed by atoms with Crippen LogP contribution in [-0.4, -0.2) is 37.2 Å². The van der Waals surface area contributed by atoms with E-state index in [2.05, 4.69) is 81.5 Å². The van der Waals surface area contributed by atoms with E-state index in [4.69, 9.17) is 14.2 Å². The fourth-order valence-corrected chi connectivity index (χ4v) is 6.38. The molecule has 0 amide bonds. The van der Waals surface area contributed by atoms with Gasteiger partial charge in [0.15, 0.2) is 6.10 Å². The number of ether oxygens (including phenoxy) is 3. The predicted molar refractivity (Wildman–Crippen MR) is 292 cm³/mol. The molecule has 0 aliphatic heterocycles. The minimum Gasteiger partial charge on any atom is -0.462 e. The first-order valence-corrected chi connectivity index (χ1v) is 26.3. The van der Waals surface area contributed by atoms with E-state index < -0.39 is 6.10 Å². The van der Waals surface area contributed by atoms with Crippen molar-refractivity contribution in [2.45, 2.75) is 187 Å². The van der Waals surface area contributed by atoms with Crippen molar-refractivity contribution in [1.82, 2.24) is 0 Å². The molecule has 1 unspecified atom stereocenters. The van der Waals surface area contributed by atoms with Gasteiger partial charge in [0.25, 0.3) is 0 Å². The maximum atomic E-state index is 12.8. The molecule has 68 heavy (non-hydrogen) atoms. The first-order chi connectivity index (χ1) is 33.5. The van der Waals surface area contributed by atoms with Crippen LogP contribution in [0, 0.1) is 0 Å². The summed E-state index contributed by atoms with van der Waals surface area (Å²) in [6, 6.07) is 0. The number of hydrogen-bond acceptors (Lipinski definition) is 6. The molecule has 0 fully saturated rings. The Balaban J connectivity index is 4.64. The molecule has 0 saturated heterocycles. The first-order valence-electron chi connectivity index (χ1n) is 26.3. The fourth-order valence-electron chi connectivity index (χ4n) is 6.38. The molecule has 1 atom stereocenters. The van der Waals surface area contributed by atoms with E-state index in [0.717, 1.165) is 96.3 Å². The molecule has 0 heterocycles. The summed E-state index contributed by atoms with van der Waals surface area (Å²) in [5, 5.41) is 0. The molecule has 6 nitrogen and oxygen atoms in total. The Labute approximate surface area is 415 Å². The molecule has 0 radical (unpaired) electrons. The molecule has 0 N–H and O–H groups in total. The Morgan fingerprint density at radius 2 is 0.574 bits per heavy atom. The van der Waals surface area contributed by atoms with Crippen LogP contribution in [0.4, 0.5) is 0 Å². The quantitative estimate of drug-likeness (QED) is 0.0262. The van der Waals surface area contributed by atoms with Crippen molar-refractivity contribution >= 4 is 17.9 Å². The lowest BCUT2D eigenvalue weighted by molar-refractivity contribution is -0.167. The topological polar surface area (TPSA) is 78.9 Å². The summed E-state index contributed by atoms with van der Waals surface area (Å²) in [4.78, 5) is 38.0. The van der Waals surface area contributed by atoms with Gasteiger partial charge in [-0.05, 0) is 83.5 Å². The predicted octanol–water partition coefficient (Wildman–Crippen LogP) is 17.6. The molecule has 0 bridgehead atoms. The maximum absolute atomic E-state index is 12.8. The van der Waals surface area contributed by atoms with Crippen LogP contribution in [0.3, 0.4) is 0 Å². The Kier molecular flexibility index (Phi) is 50.2. The lowest BCUT2D eigenvalue weighted by atomic mass is 10.1. The minimum absolute atomic E-state index is 0.130. The van der Waals surface area contributed by atoms with Crippen molar-refractivity contribution in [3.63, 3.8) is 0 Å². The number of carbonyl (C=O) groups excluding carboxylic acids is 3. The van der Waals surface area contributed by atoms with Crippen molar-refractivity contribution in [3.05, 3.63) is 170 Å². The Morgan fingerprint density at radius 1 is 0.309 bits per heavy atom. The summed E-state index contributed by atoms with van der Waals surface area (Å²) in [5.74, 6) is -1.05. The number of allylic oxidation sites excluding steroid dienone is 28. The van der Waals surface area contributed by atoms with Crippen molar-refractivity contribution in [1.29, 1.82) is 0 Å². The SMILES string of the molecule is CC\C=C/C=C\C=C/C=C\C=C/CCCCCC(=O)OCC(COC(=O)CCCCCCC\C=C/C=C\C=C/CCCCCCC)OC(=O)CCCCC\C=C/C=C/C=C\C=C/C=C\C=C/CC. The van der Waals surface area contributed by atoms with Crippen LogP contribution in [0.1, 0.15) is 181 Å². The van der Waals surface area contributed by atoms with E-state index in [1.807, 2.05) is 109 Å². The van der Waals surface area contributed by atoms with Crippen LogP contribution in [0.2, 0.25) is 0 Å². The van der Waals surface area contributed by atoms with E-state index in [1.54, 1.807) is 0 Å². The molecule has 0 aliphatic rings. The van der Waals surface area contributed by atoms with Gasteiger partial charge in [-0.2, -0.15) is 0 Å². The van der Waals surface area contributed by atoms with Gasteiger partial charge in [-0.25, -0.2) is 0 Å². The smallest absolute Gasteiger partial charge is 0.306 e. The summed E-state index contributed by atoms with van der Waals surface area (Å²) in [5.41, 5.74) is 0. The van der Waals surface area contributed by atoms with Crippen molar-refractivity contribution in [2.24, 2.45) is 0 Å². The molecule has 0 aromatic rings. The van der Waals surface area contributed by atoms with E-state index in [9.17, 15) is 14.4 Å². The van der Waals surface area contributed by atoms with Crippen molar-refractivity contribution in [3.8, 4) is 0 Å². The van der Waals surface area contributed by atoms with Crippen LogP contribution in [0.25, 0.3) is 0 Å². The molecule has 0 saturated carbocycles. The first kappa shape index (κ1) is 62.8. The van der Waals surface area contributed by atoms with Crippen molar-refractivity contribution in [2.75, 3.05) is 13.2 Å². The average molecular weight is 933 g/mol. The van der Waals surface area contributed by atoms with E-state index in [0.29, 0.717) is 19.3 Å². The molecule has 0 spiro atoms. The van der Waals surface area contributed by atoms with Crippen LogP contribution in [0.5, 0.6) is 0 Å². The zero-order chi connectivity index (χ0) is 49.3. The highest BCUT2D eigenvalue weighted by molar-refractivity contribution is 5.71. The fraction of sp³-hybridized carbons (Fsp3) is 0.500. The van der Waals surface area contributed by atoms with Crippen LogP contribution < -0.4 is 0 Å². The van der Waals surface area contributed by atoms with E-state index >= 15 is 0 Å². The lowest BCUT2D eigenvalue weighted by Gasteiger charge is -2.18. The second-order valence-corrected chi connectivity index (χ2v) is 16.7. The van der Waals surface area contributed by atoms with Gasteiger partial charge >= 0.3 is 17.9 Å². The molecule has 0 aromatic carbocycles. The number of rotatable bonds is 44. The van der Waals surface area contributed by atoms with Gasteiger partial charge in [-0.15, -0.1) is 0 Å². The second-order valence-electron chi connectivity index (χ2n) is 16.7. The molecule has 0 aliphatic carbocycles. The number of carbonyl (C=O) groups is 3. The van der Waals surface area contributed by atoms with Gasteiger partial charge in [-0.1, -0.05) is 249 Å². The zero-order valence-corrected chi connectivity index (χ0v) is 42.8. The number of unbranched alkanes of at least 4 members (excludes halogenated alkanes) is 16. The summed E-state index contributed by atoms with van der Waals surface area (Å²) in [6.45, 7) is 6.21. The summed E-state index contributed by atoms with van der Waals surface area (Å²) < 4.78 is 16.7. The summed E-state index contributed by atoms with van der Waals surface area (Å²) in [6.07, 6.45) is 80.4. The average Bonchev–Trinajstić information content (AvgIpc) is 3.34. The van der Waals surface area contributed by atoms with Crippen LogP contribution in [-0.2, 0) is 28.6 Å². The molecule has 376 valence electrons. The van der Waals surface area contributed by atoms with Gasteiger partial charge in [-0.3, -0.25) is 14.4 Å². The monoisotopic (exact) mass is 933 g/mol. The van der Waals surface area contributed by atoms with Gasteiger partial charge in [0.2, 0.25) is 0 Å². The van der Waals surface area contributed by atoms with Gasteiger partial charge in [0, 0.05) is 19.3 Å². The molecule has 6 heteroatoms. The summed E-state index contributed by atoms with van der Waals surface area (Å²) >= 11 is 0. The highest BCUT2D eigenvalue weighted by atomic mass is 16.6. The molecular formula is C62H92O6. The van der Waals surface area contributed by atoms with E-state index in [-0.39, 0.29) is 44.0 Å². The third kappa shape index (κ3) is 51.7.